The van der Waals surface area contributed by atoms with Gasteiger partial charge in [-0.1, -0.05) is 11.6 Å². The third kappa shape index (κ3) is 2.67. The van der Waals surface area contributed by atoms with Crippen molar-refractivity contribution >= 4 is 23.2 Å². The van der Waals surface area contributed by atoms with E-state index in [0.717, 1.165) is 25.7 Å². The molecule has 1 saturated carbocycles. The van der Waals surface area contributed by atoms with Crippen LogP contribution in [0.5, 0.6) is 5.75 Å². The van der Waals surface area contributed by atoms with Crippen molar-refractivity contribution in [2.45, 2.75) is 51.8 Å². The molecule has 5 rings (SSSR count). The number of anilines is 1. The highest BCUT2D eigenvalue weighted by Crippen LogP contribution is 2.42. The fourth-order valence-corrected chi connectivity index (χ4v) is 4.48. The maximum absolute atomic E-state index is 15.0. The van der Waals surface area contributed by atoms with Gasteiger partial charge in [-0.3, -0.25) is 14.3 Å². The van der Waals surface area contributed by atoms with E-state index in [2.05, 4.69) is 0 Å². The third-order valence-corrected chi connectivity index (χ3v) is 6.21. The number of fused-ring (bicyclic) bond motifs is 2. The lowest BCUT2D eigenvalue weighted by molar-refractivity contribution is -0.125. The lowest BCUT2D eigenvalue weighted by Gasteiger charge is -2.33. The van der Waals surface area contributed by atoms with Crippen LogP contribution in [-0.4, -0.2) is 27.9 Å². The van der Waals surface area contributed by atoms with Gasteiger partial charge < -0.3 is 9.64 Å². The Hall–Kier alpha value is -2.28. The predicted octanol–water partition coefficient (Wildman–Crippen LogP) is 3.43. The van der Waals surface area contributed by atoms with E-state index in [1.807, 2.05) is 0 Å². The molecule has 2 aliphatic heterocycles. The van der Waals surface area contributed by atoms with Gasteiger partial charge in [-0.15, -0.1) is 0 Å². The summed E-state index contributed by atoms with van der Waals surface area (Å²) in [5, 5.41) is 0.244. The molecule has 0 unspecified atom stereocenters. The van der Waals surface area contributed by atoms with E-state index in [0.29, 0.717) is 37.0 Å². The summed E-state index contributed by atoms with van der Waals surface area (Å²) in [6, 6.07) is 2.82. The van der Waals surface area contributed by atoms with E-state index in [-0.39, 0.29) is 27.7 Å². The lowest BCUT2D eigenvalue weighted by Crippen LogP contribution is -2.45. The highest BCUT2D eigenvalue weighted by Gasteiger charge is 2.37. The summed E-state index contributed by atoms with van der Waals surface area (Å²) in [7, 11) is 0. The van der Waals surface area contributed by atoms with E-state index >= 15 is 4.39 Å². The zero-order valence-corrected chi connectivity index (χ0v) is 16.3. The Bertz CT molecular complexity index is 1040. The molecule has 1 aromatic carbocycles. The molecule has 1 amide bonds. The van der Waals surface area contributed by atoms with Gasteiger partial charge in [0.1, 0.15) is 16.7 Å². The number of ether oxygens (including phenoxy) is 1. The quantitative estimate of drug-likeness (QED) is 0.786. The maximum Gasteiger partial charge on any atom is 0.276 e. The van der Waals surface area contributed by atoms with Crippen molar-refractivity contribution in [3.8, 4) is 16.9 Å². The Balaban J connectivity index is 1.67. The van der Waals surface area contributed by atoms with Gasteiger partial charge in [0.25, 0.3) is 11.5 Å². The van der Waals surface area contributed by atoms with Crippen LogP contribution >= 0.6 is 11.6 Å². The van der Waals surface area contributed by atoms with Crippen molar-refractivity contribution in [1.29, 1.82) is 0 Å². The monoisotopic (exact) mass is 405 g/mol. The van der Waals surface area contributed by atoms with Crippen molar-refractivity contribution in [3.05, 3.63) is 33.5 Å². The second-order valence-electron chi connectivity index (χ2n) is 7.88. The van der Waals surface area contributed by atoms with Gasteiger partial charge >= 0.3 is 0 Å². The first-order valence-corrected chi connectivity index (χ1v) is 10.1. The van der Waals surface area contributed by atoms with E-state index in [1.54, 1.807) is 27.3 Å². The van der Waals surface area contributed by atoms with Gasteiger partial charge in [-0.05, 0) is 44.6 Å². The Morgan fingerprint density at radius 3 is 2.57 bits per heavy atom. The third-order valence-electron chi connectivity index (χ3n) is 5.83. The van der Waals surface area contributed by atoms with Gasteiger partial charge in [-0.25, -0.2) is 9.07 Å². The van der Waals surface area contributed by atoms with Crippen LogP contribution in [0.15, 0.2) is 16.9 Å². The molecule has 3 aliphatic rings. The molecular formula is C20H21ClFN3O3. The van der Waals surface area contributed by atoms with E-state index < -0.39 is 11.9 Å². The molecule has 0 spiro atoms. The second kappa shape index (κ2) is 6.37. The first-order chi connectivity index (χ1) is 13.5. The predicted molar refractivity (Wildman–Crippen MR) is 103 cm³/mol. The highest BCUT2D eigenvalue weighted by atomic mass is 35.5. The average Bonchev–Trinajstić information content (AvgIpc) is 3.46. The van der Waals surface area contributed by atoms with Crippen LogP contribution in [0.2, 0.25) is 5.15 Å². The topological polar surface area (TPSA) is 56.5 Å². The van der Waals surface area contributed by atoms with Crippen LogP contribution in [0.25, 0.3) is 11.1 Å². The largest absolute Gasteiger partial charge is 0.479 e. The summed E-state index contributed by atoms with van der Waals surface area (Å²) < 4.78 is 23.9. The Morgan fingerprint density at radius 1 is 1.18 bits per heavy atom. The number of amides is 1. The normalized spacial score (nSPS) is 21.3. The van der Waals surface area contributed by atoms with Crippen LogP contribution in [0.4, 0.5) is 10.1 Å². The van der Waals surface area contributed by atoms with Crippen molar-refractivity contribution < 1.29 is 13.9 Å². The van der Waals surface area contributed by atoms with E-state index in [1.165, 1.54) is 6.07 Å². The molecule has 0 radical (unpaired) electrons. The van der Waals surface area contributed by atoms with Crippen molar-refractivity contribution in [2.75, 3.05) is 11.4 Å². The molecule has 1 atom stereocenters. The number of hydrogen-bond acceptors (Lipinski definition) is 3. The van der Waals surface area contributed by atoms with Crippen LogP contribution in [0, 0.1) is 11.7 Å². The fraction of sp³-hybridized carbons (Fsp3) is 0.500. The zero-order valence-electron chi connectivity index (χ0n) is 15.6. The lowest BCUT2D eigenvalue weighted by atomic mass is 10.0. The van der Waals surface area contributed by atoms with Crippen LogP contribution < -0.4 is 15.2 Å². The van der Waals surface area contributed by atoms with Crippen molar-refractivity contribution in [3.63, 3.8) is 0 Å². The molecule has 0 saturated heterocycles. The molecule has 2 aromatic rings. The summed E-state index contributed by atoms with van der Waals surface area (Å²) in [6.45, 7) is 3.46. The van der Waals surface area contributed by atoms with Gasteiger partial charge in [0.2, 0.25) is 0 Å². The standard InChI is InChI=1S/C20H21ClFN3O3/c1-11-19(26)23(10-12-4-5-12)15-8-13(14(22)9-16(15)28-11)17-18(21)24-6-2-3-7-25(24)20(17)27/h8-9,11-12H,2-7,10H2,1H3/t11-/m0/s1. The minimum atomic E-state index is -0.660. The van der Waals surface area contributed by atoms with Gasteiger partial charge in [0.15, 0.2) is 6.10 Å². The van der Waals surface area contributed by atoms with Crippen LogP contribution in [-0.2, 0) is 17.9 Å². The SMILES string of the molecule is C[C@@H]1Oc2cc(F)c(-c3c(Cl)n4n(c3=O)CCCC4)cc2N(CC2CC2)C1=O. The molecule has 28 heavy (non-hydrogen) atoms. The Morgan fingerprint density at radius 2 is 1.89 bits per heavy atom. The molecule has 8 heteroatoms. The number of hydrogen-bond donors (Lipinski definition) is 0. The number of benzene rings is 1. The summed E-state index contributed by atoms with van der Waals surface area (Å²) in [4.78, 5) is 27.3. The Kier molecular flexibility index (Phi) is 4.05. The van der Waals surface area contributed by atoms with Gasteiger partial charge in [-0.2, -0.15) is 0 Å². The summed E-state index contributed by atoms with van der Waals surface area (Å²) >= 11 is 6.48. The maximum atomic E-state index is 15.0. The molecule has 1 aromatic heterocycles. The number of rotatable bonds is 3. The summed E-state index contributed by atoms with van der Waals surface area (Å²) in [5.41, 5.74) is 0.487. The minimum absolute atomic E-state index is 0.120. The van der Waals surface area contributed by atoms with Crippen LogP contribution in [0.3, 0.4) is 0 Å². The summed E-state index contributed by atoms with van der Waals surface area (Å²) in [6.07, 6.45) is 3.33. The molecule has 1 fully saturated rings. The number of aromatic nitrogens is 2. The summed E-state index contributed by atoms with van der Waals surface area (Å²) in [5.74, 6) is 0.0750. The van der Waals surface area contributed by atoms with E-state index in [9.17, 15) is 9.59 Å². The van der Waals surface area contributed by atoms with Crippen LogP contribution in [0.1, 0.15) is 32.6 Å². The Labute approximate surface area is 166 Å². The van der Waals surface area contributed by atoms with Crippen molar-refractivity contribution in [1.82, 2.24) is 9.36 Å². The molecule has 0 N–H and O–H groups in total. The van der Waals surface area contributed by atoms with E-state index in [4.69, 9.17) is 16.3 Å². The molecule has 1 aliphatic carbocycles. The van der Waals surface area contributed by atoms with Crippen molar-refractivity contribution in [2.24, 2.45) is 5.92 Å². The minimum Gasteiger partial charge on any atom is -0.479 e. The zero-order chi connectivity index (χ0) is 19.6. The number of halogens is 2. The van der Waals surface area contributed by atoms with Gasteiger partial charge in [0.05, 0.1) is 11.3 Å². The molecule has 0 bridgehead atoms. The second-order valence-corrected chi connectivity index (χ2v) is 8.23. The number of carbonyl (C=O) groups is 1. The fourth-order valence-electron chi connectivity index (χ4n) is 4.12. The first-order valence-electron chi connectivity index (χ1n) is 9.76. The number of nitrogens with zero attached hydrogens (tertiary/aromatic N) is 3. The molecule has 3 heterocycles. The number of carbonyl (C=O) groups excluding carboxylic acids is 1. The molecule has 6 nitrogen and oxygen atoms in total. The first kappa shape index (κ1) is 17.8. The smallest absolute Gasteiger partial charge is 0.276 e. The van der Waals surface area contributed by atoms with Gasteiger partial charge in [0, 0.05) is 31.3 Å². The molecular weight excluding hydrogens is 385 g/mol. The molecule has 148 valence electrons. The highest BCUT2D eigenvalue weighted by molar-refractivity contribution is 6.32. The average molecular weight is 406 g/mol.